The van der Waals surface area contributed by atoms with E-state index >= 15 is 0 Å². The van der Waals surface area contributed by atoms with Crippen LogP contribution in [-0.4, -0.2) is 13.1 Å². The molecule has 2 aromatic carbocycles. The molecular weight excluding hydrogens is 311 g/mol. The number of halogens is 2. The first-order valence-electron chi connectivity index (χ1n) is 6.78. The maximum Gasteiger partial charge on any atom is 0.253 e. The first-order valence-corrected chi connectivity index (χ1v) is 7.54. The first-order chi connectivity index (χ1) is 10.0. The molecule has 0 spiro atoms. The number of hydrogen-bond acceptors (Lipinski definition) is 4. The molecule has 0 amide bonds. The van der Waals surface area contributed by atoms with Gasteiger partial charge < -0.3 is 10.6 Å². The standard InChI is InChI=1S/C15H14Cl2N2O2/c16-9-2-1-3-10(17)11(9)8-4-6-19(7-5-8)13-12(18)14(20)15(13)21/h1-3,8H,4-7,18H2. The fraction of sp³-hybridized carbons (Fsp3) is 0.333. The van der Waals surface area contributed by atoms with E-state index in [4.69, 9.17) is 28.9 Å². The molecule has 2 aromatic rings. The van der Waals surface area contributed by atoms with Gasteiger partial charge in [0.2, 0.25) is 0 Å². The average Bonchev–Trinajstić information content (AvgIpc) is 2.48. The molecule has 0 bridgehead atoms. The number of nitrogens with two attached hydrogens (primary N) is 1. The minimum atomic E-state index is -0.568. The Bertz CT molecular complexity index is 737. The van der Waals surface area contributed by atoms with Crippen LogP contribution in [0, 0.1) is 0 Å². The molecule has 3 rings (SSSR count). The van der Waals surface area contributed by atoms with Gasteiger partial charge in [0.1, 0.15) is 11.4 Å². The van der Waals surface area contributed by atoms with E-state index in [2.05, 4.69) is 0 Å². The van der Waals surface area contributed by atoms with Gasteiger partial charge in [-0.1, -0.05) is 29.3 Å². The Morgan fingerprint density at radius 1 is 1.05 bits per heavy atom. The van der Waals surface area contributed by atoms with Crippen LogP contribution in [0.4, 0.5) is 11.4 Å². The molecule has 1 fully saturated rings. The van der Waals surface area contributed by atoms with Gasteiger partial charge in [-0.2, -0.15) is 0 Å². The summed E-state index contributed by atoms with van der Waals surface area (Å²) in [7, 11) is 0. The van der Waals surface area contributed by atoms with Gasteiger partial charge >= 0.3 is 0 Å². The van der Waals surface area contributed by atoms with Crippen molar-refractivity contribution in [1.29, 1.82) is 0 Å². The molecule has 21 heavy (non-hydrogen) atoms. The summed E-state index contributed by atoms with van der Waals surface area (Å²) in [5.41, 5.74) is 6.01. The van der Waals surface area contributed by atoms with Gasteiger partial charge in [0.15, 0.2) is 0 Å². The number of rotatable bonds is 2. The predicted octanol–water partition coefficient (Wildman–Crippen LogP) is 2.56. The molecule has 0 radical (unpaired) electrons. The SMILES string of the molecule is Nc1c(N2CCC(c3c(Cl)cccc3Cl)CC2)c(=O)c1=O. The number of benzene rings is 1. The van der Waals surface area contributed by atoms with Crippen LogP contribution in [0.25, 0.3) is 0 Å². The van der Waals surface area contributed by atoms with Crippen molar-refractivity contribution < 1.29 is 0 Å². The Labute approximate surface area is 131 Å². The van der Waals surface area contributed by atoms with Crippen LogP contribution >= 0.6 is 23.2 Å². The van der Waals surface area contributed by atoms with Crippen molar-refractivity contribution in [1.82, 2.24) is 0 Å². The third-order valence-corrected chi connectivity index (χ3v) is 4.80. The molecule has 4 nitrogen and oxygen atoms in total. The molecule has 1 heterocycles. The van der Waals surface area contributed by atoms with Gasteiger partial charge in [-0.15, -0.1) is 0 Å². The van der Waals surface area contributed by atoms with E-state index < -0.39 is 10.9 Å². The second-order valence-electron chi connectivity index (χ2n) is 5.32. The van der Waals surface area contributed by atoms with Crippen LogP contribution in [0.1, 0.15) is 24.3 Å². The number of anilines is 2. The number of piperidine rings is 1. The summed E-state index contributed by atoms with van der Waals surface area (Å²) >= 11 is 12.5. The molecule has 2 N–H and O–H groups in total. The zero-order valence-electron chi connectivity index (χ0n) is 11.2. The zero-order chi connectivity index (χ0) is 15.1. The minimum Gasteiger partial charge on any atom is -0.394 e. The minimum absolute atomic E-state index is 0.0919. The van der Waals surface area contributed by atoms with Gasteiger partial charge in [-0.25, -0.2) is 0 Å². The maximum atomic E-state index is 11.6. The number of nitrogens with zero attached hydrogens (tertiary/aromatic N) is 1. The normalized spacial score (nSPS) is 16.6. The highest BCUT2D eigenvalue weighted by molar-refractivity contribution is 6.36. The Morgan fingerprint density at radius 2 is 1.62 bits per heavy atom. The van der Waals surface area contributed by atoms with E-state index in [1.54, 1.807) is 0 Å². The van der Waals surface area contributed by atoms with Crippen molar-refractivity contribution in [3.63, 3.8) is 0 Å². The summed E-state index contributed by atoms with van der Waals surface area (Å²) in [6.45, 7) is 1.34. The largest absolute Gasteiger partial charge is 0.394 e. The molecule has 110 valence electrons. The fourth-order valence-corrected chi connectivity index (χ4v) is 3.71. The molecular formula is C15H14Cl2N2O2. The van der Waals surface area contributed by atoms with Gasteiger partial charge in [-0.05, 0) is 36.5 Å². The average molecular weight is 325 g/mol. The highest BCUT2D eigenvalue weighted by atomic mass is 35.5. The molecule has 0 aliphatic carbocycles. The molecule has 0 saturated carbocycles. The summed E-state index contributed by atoms with van der Waals surface area (Å²) in [5.74, 6) is 0.259. The topological polar surface area (TPSA) is 63.4 Å². The van der Waals surface area contributed by atoms with E-state index in [1.165, 1.54) is 0 Å². The Hall–Kier alpha value is -1.52. The van der Waals surface area contributed by atoms with Crippen molar-refractivity contribution in [2.45, 2.75) is 18.8 Å². The quantitative estimate of drug-likeness (QED) is 0.862. The number of hydrogen-bond donors (Lipinski definition) is 1. The summed E-state index contributed by atoms with van der Waals surface area (Å²) in [4.78, 5) is 24.6. The Morgan fingerprint density at radius 3 is 2.14 bits per heavy atom. The lowest BCUT2D eigenvalue weighted by Gasteiger charge is -2.35. The van der Waals surface area contributed by atoms with E-state index in [0.717, 1.165) is 18.4 Å². The van der Waals surface area contributed by atoms with E-state index in [0.29, 0.717) is 28.8 Å². The van der Waals surface area contributed by atoms with Crippen molar-refractivity contribution in [2.24, 2.45) is 0 Å². The molecule has 0 unspecified atom stereocenters. The fourth-order valence-electron chi connectivity index (χ4n) is 3.00. The van der Waals surface area contributed by atoms with E-state index in [1.807, 2.05) is 23.1 Å². The molecule has 6 heteroatoms. The summed E-state index contributed by atoms with van der Waals surface area (Å²) < 4.78 is 0. The van der Waals surface area contributed by atoms with Crippen molar-refractivity contribution in [3.05, 3.63) is 54.3 Å². The lowest BCUT2D eigenvalue weighted by atomic mass is 9.89. The van der Waals surface area contributed by atoms with Crippen LogP contribution in [0.2, 0.25) is 10.0 Å². The maximum absolute atomic E-state index is 11.6. The van der Waals surface area contributed by atoms with Gasteiger partial charge in [0.05, 0.1) is 0 Å². The van der Waals surface area contributed by atoms with E-state index in [9.17, 15) is 9.59 Å². The predicted molar refractivity (Wildman–Crippen MR) is 86.4 cm³/mol. The summed E-state index contributed by atoms with van der Waals surface area (Å²) in [6, 6.07) is 5.50. The highest BCUT2D eigenvalue weighted by Crippen LogP contribution is 2.38. The van der Waals surface area contributed by atoms with Crippen molar-refractivity contribution in [2.75, 3.05) is 23.7 Å². The monoisotopic (exact) mass is 324 g/mol. The third kappa shape index (κ3) is 2.32. The lowest BCUT2D eigenvalue weighted by molar-refractivity contribution is 0.504. The van der Waals surface area contributed by atoms with Crippen LogP contribution < -0.4 is 21.5 Å². The van der Waals surface area contributed by atoms with Crippen LogP contribution in [0.15, 0.2) is 27.8 Å². The summed E-state index contributed by atoms with van der Waals surface area (Å²) in [5, 5.41) is 1.35. The summed E-state index contributed by atoms with van der Waals surface area (Å²) in [6.07, 6.45) is 1.64. The second kappa shape index (κ2) is 5.35. The lowest BCUT2D eigenvalue weighted by Crippen LogP contribution is -2.45. The van der Waals surface area contributed by atoms with Gasteiger partial charge in [0.25, 0.3) is 10.9 Å². The van der Waals surface area contributed by atoms with Crippen LogP contribution in [0.3, 0.4) is 0 Å². The molecule has 0 atom stereocenters. The van der Waals surface area contributed by atoms with Crippen molar-refractivity contribution >= 4 is 34.6 Å². The van der Waals surface area contributed by atoms with Gasteiger partial charge in [-0.3, -0.25) is 9.59 Å². The molecule has 1 aliphatic rings. The van der Waals surface area contributed by atoms with E-state index in [-0.39, 0.29) is 11.6 Å². The van der Waals surface area contributed by atoms with Crippen LogP contribution in [-0.2, 0) is 0 Å². The van der Waals surface area contributed by atoms with Gasteiger partial charge in [0, 0.05) is 23.1 Å². The third-order valence-electron chi connectivity index (χ3n) is 4.14. The molecule has 1 saturated heterocycles. The number of nitrogen functional groups attached to an aromatic ring is 1. The second-order valence-corrected chi connectivity index (χ2v) is 6.13. The molecule has 1 aliphatic heterocycles. The molecule has 0 aromatic heterocycles. The van der Waals surface area contributed by atoms with Crippen molar-refractivity contribution in [3.8, 4) is 0 Å². The Balaban J connectivity index is 1.77. The smallest absolute Gasteiger partial charge is 0.253 e. The van der Waals surface area contributed by atoms with Crippen LogP contribution in [0.5, 0.6) is 0 Å². The first kappa shape index (κ1) is 14.4. The highest BCUT2D eigenvalue weighted by Gasteiger charge is 2.29. The Kier molecular flexibility index (Phi) is 3.68. The zero-order valence-corrected chi connectivity index (χ0v) is 12.7.